The maximum absolute atomic E-state index is 13.3. The van der Waals surface area contributed by atoms with Crippen LogP contribution in [-0.2, 0) is 40.2 Å². The minimum absolute atomic E-state index is 0.0613. The van der Waals surface area contributed by atoms with Crippen LogP contribution in [0.3, 0.4) is 0 Å². The van der Waals surface area contributed by atoms with Crippen molar-refractivity contribution >= 4 is 63.6 Å². The van der Waals surface area contributed by atoms with Crippen LogP contribution in [0.5, 0.6) is 0 Å². The van der Waals surface area contributed by atoms with Crippen molar-refractivity contribution in [3.8, 4) is 0 Å². The number of nitrogens with zero attached hydrogens (tertiary/aromatic N) is 3. The number of amides is 3. The number of alkyl halides is 3. The molecule has 43 heavy (non-hydrogen) atoms. The van der Waals surface area contributed by atoms with Gasteiger partial charge in [0.2, 0.25) is 0 Å². The lowest BCUT2D eigenvalue weighted by atomic mass is 10.0. The van der Waals surface area contributed by atoms with Gasteiger partial charge in [-0.05, 0) is 17.7 Å². The molecule has 4 rings (SSSR count). The summed E-state index contributed by atoms with van der Waals surface area (Å²) in [5.41, 5.74) is -0.658. The molecule has 2 aliphatic heterocycles. The molecule has 19 heteroatoms. The van der Waals surface area contributed by atoms with Crippen LogP contribution in [0.15, 0.2) is 46.1 Å². The molecule has 0 saturated carbocycles. The number of oxime groups is 1. The van der Waals surface area contributed by atoms with Gasteiger partial charge in [-0.3, -0.25) is 29.4 Å². The van der Waals surface area contributed by atoms with Gasteiger partial charge in [-0.15, -0.1) is 23.1 Å². The van der Waals surface area contributed by atoms with E-state index in [1.54, 1.807) is 5.32 Å². The highest BCUT2D eigenvalue weighted by Crippen LogP contribution is 2.40. The molecule has 2 aromatic rings. The number of esters is 1. The van der Waals surface area contributed by atoms with E-state index in [4.69, 9.17) is 9.57 Å². The zero-order valence-electron chi connectivity index (χ0n) is 21.6. The standard InChI is InChI=1S/C24H19F4N5O8S2/c1-10(34)40-7-12-8-42-20-16(19(36)33(20)17(12)21(37)38)30-18(35)15(32-41-6-11-2-4-13(25)5-3-11)14-9-43-23(29-14)31-22(39)24(26,27)28/h2-5,9,16,20H,6-8H2,1H3,(H,30,35)(H,37,38)(H,29,31,39)/t16-,20-/m1/s1. The number of thiazole rings is 1. The van der Waals surface area contributed by atoms with E-state index in [1.165, 1.54) is 12.1 Å². The summed E-state index contributed by atoms with van der Waals surface area (Å²) in [5, 5.41) is 17.1. The molecular formula is C24H19F4N5O8S2. The summed E-state index contributed by atoms with van der Waals surface area (Å²) in [4.78, 5) is 70.5. The summed E-state index contributed by atoms with van der Waals surface area (Å²) in [7, 11) is 0. The van der Waals surface area contributed by atoms with Crippen molar-refractivity contribution < 1.29 is 56.2 Å². The van der Waals surface area contributed by atoms with Gasteiger partial charge < -0.3 is 20.0 Å². The van der Waals surface area contributed by atoms with Gasteiger partial charge in [-0.1, -0.05) is 17.3 Å². The summed E-state index contributed by atoms with van der Waals surface area (Å²) in [6.07, 6.45) is -5.20. The van der Waals surface area contributed by atoms with Crippen LogP contribution in [0, 0.1) is 5.82 Å². The second kappa shape index (κ2) is 12.8. The number of anilines is 1. The summed E-state index contributed by atoms with van der Waals surface area (Å²) < 4.78 is 56.0. The molecule has 0 unspecified atom stereocenters. The number of carbonyl (C=O) groups is 5. The second-order valence-electron chi connectivity index (χ2n) is 8.73. The number of aliphatic carboxylic acids is 1. The molecule has 228 valence electrons. The van der Waals surface area contributed by atoms with E-state index in [0.717, 1.165) is 41.1 Å². The lowest BCUT2D eigenvalue weighted by Crippen LogP contribution is -2.71. The number of carbonyl (C=O) groups excluding carboxylic acids is 4. The third-order valence-corrected chi connectivity index (χ3v) is 7.82. The molecule has 2 atom stereocenters. The predicted molar refractivity (Wildman–Crippen MR) is 141 cm³/mol. The van der Waals surface area contributed by atoms with Crippen LogP contribution in [0.25, 0.3) is 0 Å². The summed E-state index contributed by atoms with van der Waals surface area (Å²) in [6, 6.07) is 3.82. The van der Waals surface area contributed by atoms with Crippen LogP contribution >= 0.6 is 23.1 Å². The molecule has 1 fully saturated rings. The highest BCUT2D eigenvalue weighted by atomic mass is 32.2. The molecule has 0 spiro atoms. The van der Waals surface area contributed by atoms with Crippen LogP contribution in [0.4, 0.5) is 22.7 Å². The molecule has 2 aliphatic rings. The fraction of sp³-hybridized carbons (Fsp3) is 0.292. The third-order valence-electron chi connectivity index (χ3n) is 5.73. The van der Waals surface area contributed by atoms with Crippen LogP contribution in [0.2, 0.25) is 0 Å². The van der Waals surface area contributed by atoms with Gasteiger partial charge in [-0.25, -0.2) is 14.2 Å². The van der Waals surface area contributed by atoms with E-state index in [9.17, 15) is 46.6 Å². The Morgan fingerprint density at radius 1 is 1.19 bits per heavy atom. The number of hydrogen-bond donors (Lipinski definition) is 3. The molecule has 0 radical (unpaired) electrons. The van der Waals surface area contributed by atoms with E-state index in [-0.39, 0.29) is 35.9 Å². The topological polar surface area (TPSA) is 177 Å². The number of hydrogen-bond acceptors (Lipinski definition) is 11. The zero-order chi connectivity index (χ0) is 31.5. The molecule has 3 heterocycles. The molecule has 1 saturated heterocycles. The van der Waals surface area contributed by atoms with Gasteiger partial charge >= 0.3 is 24.0 Å². The highest BCUT2D eigenvalue weighted by Gasteiger charge is 2.54. The quantitative estimate of drug-likeness (QED) is 0.114. The van der Waals surface area contributed by atoms with Crippen molar-refractivity contribution in [1.82, 2.24) is 15.2 Å². The number of rotatable bonds is 10. The fourth-order valence-corrected chi connectivity index (χ4v) is 5.77. The summed E-state index contributed by atoms with van der Waals surface area (Å²) >= 11 is 1.64. The molecular weight excluding hydrogens is 626 g/mol. The monoisotopic (exact) mass is 645 g/mol. The first-order valence-corrected chi connectivity index (χ1v) is 13.8. The Bertz CT molecular complexity index is 1530. The predicted octanol–water partition coefficient (Wildman–Crippen LogP) is 2.01. The van der Waals surface area contributed by atoms with Gasteiger partial charge in [0.1, 0.15) is 41.8 Å². The van der Waals surface area contributed by atoms with Crippen molar-refractivity contribution in [3.63, 3.8) is 0 Å². The van der Waals surface area contributed by atoms with Crippen LogP contribution < -0.4 is 10.6 Å². The number of aromatic nitrogens is 1. The number of β-lactam (4-membered cyclic amide) rings is 1. The molecule has 1 aromatic carbocycles. The summed E-state index contributed by atoms with van der Waals surface area (Å²) in [6.45, 7) is 0.528. The Labute approximate surface area is 246 Å². The number of fused-ring (bicyclic) bond motifs is 1. The summed E-state index contributed by atoms with van der Waals surface area (Å²) in [5.74, 6) is -6.70. The fourth-order valence-electron chi connectivity index (χ4n) is 3.76. The van der Waals surface area contributed by atoms with Crippen molar-refractivity contribution in [2.24, 2.45) is 5.16 Å². The Morgan fingerprint density at radius 3 is 2.51 bits per heavy atom. The first-order chi connectivity index (χ1) is 20.3. The maximum atomic E-state index is 13.3. The van der Waals surface area contributed by atoms with Crippen LogP contribution in [0.1, 0.15) is 18.2 Å². The van der Waals surface area contributed by atoms with E-state index < -0.39 is 63.9 Å². The minimum atomic E-state index is -5.20. The van der Waals surface area contributed by atoms with Gasteiger partial charge in [0, 0.05) is 23.6 Å². The molecule has 3 N–H and O–H groups in total. The van der Waals surface area contributed by atoms with Gasteiger partial charge in [0.15, 0.2) is 10.8 Å². The smallest absolute Gasteiger partial charge is 0.471 e. The Hall–Kier alpha value is -4.52. The second-order valence-corrected chi connectivity index (χ2v) is 10.7. The number of carboxylic acid groups (broad SMARTS) is 1. The number of nitrogens with one attached hydrogen (secondary N) is 2. The Morgan fingerprint density at radius 2 is 1.88 bits per heavy atom. The van der Waals surface area contributed by atoms with Crippen molar-refractivity contribution in [1.29, 1.82) is 0 Å². The van der Waals surface area contributed by atoms with E-state index in [1.807, 2.05) is 0 Å². The lowest BCUT2D eigenvalue weighted by molar-refractivity contribution is -0.167. The number of ether oxygens (including phenoxy) is 1. The average Bonchev–Trinajstić information content (AvgIpc) is 3.40. The van der Waals surface area contributed by atoms with Crippen molar-refractivity contribution in [3.05, 3.63) is 58.0 Å². The molecule has 0 aliphatic carbocycles. The van der Waals surface area contributed by atoms with Crippen LogP contribution in [-0.4, -0.2) is 80.3 Å². The molecule has 13 nitrogen and oxygen atoms in total. The van der Waals surface area contributed by atoms with Gasteiger partial charge in [0.25, 0.3) is 11.8 Å². The molecule has 1 aromatic heterocycles. The minimum Gasteiger partial charge on any atom is -0.477 e. The first kappa shape index (κ1) is 31.4. The number of halogens is 4. The molecule has 0 bridgehead atoms. The third kappa shape index (κ3) is 7.28. The number of carboxylic acids is 1. The van der Waals surface area contributed by atoms with Crippen molar-refractivity contribution in [2.75, 3.05) is 17.7 Å². The first-order valence-electron chi connectivity index (χ1n) is 11.9. The maximum Gasteiger partial charge on any atom is 0.471 e. The molecule has 3 amide bonds. The number of thioether (sulfide) groups is 1. The van der Waals surface area contributed by atoms with E-state index in [2.05, 4.69) is 15.5 Å². The Kier molecular flexibility index (Phi) is 9.34. The van der Waals surface area contributed by atoms with Gasteiger partial charge in [0.05, 0.1) is 0 Å². The highest BCUT2D eigenvalue weighted by molar-refractivity contribution is 8.00. The largest absolute Gasteiger partial charge is 0.477 e. The van der Waals surface area contributed by atoms with Crippen molar-refractivity contribution in [2.45, 2.75) is 31.1 Å². The van der Waals surface area contributed by atoms with E-state index >= 15 is 0 Å². The Balaban J connectivity index is 1.54. The number of benzene rings is 1. The average molecular weight is 646 g/mol. The zero-order valence-corrected chi connectivity index (χ0v) is 23.3. The lowest BCUT2D eigenvalue weighted by Gasteiger charge is -2.49. The SMILES string of the molecule is CC(=O)OCC1=C(C(=O)O)N2C(=O)[C@@H](NC(=O)C(=NOCc3ccc(F)cc3)c3csc(NC(=O)C(F)(F)F)n3)[C@H]2SC1. The van der Waals surface area contributed by atoms with Gasteiger partial charge in [-0.2, -0.15) is 13.2 Å². The van der Waals surface area contributed by atoms with E-state index in [0.29, 0.717) is 16.9 Å². The normalized spacial score (nSPS) is 18.4.